The van der Waals surface area contributed by atoms with Crippen molar-refractivity contribution < 1.29 is 9.59 Å². The van der Waals surface area contributed by atoms with Gasteiger partial charge >= 0.3 is 0 Å². The quantitative estimate of drug-likeness (QED) is 0.651. The summed E-state index contributed by atoms with van der Waals surface area (Å²) in [5.74, 6) is -0.158. The van der Waals surface area contributed by atoms with Gasteiger partial charge < -0.3 is 5.32 Å². The first-order chi connectivity index (χ1) is 13.4. The first kappa shape index (κ1) is 18.5. The molecule has 2 aromatic heterocycles. The predicted octanol–water partition coefficient (Wildman–Crippen LogP) is 4.78. The third-order valence-corrected chi connectivity index (χ3v) is 5.69. The summed E-state index contributed by atoms with van der Waals surface area (Å²) in [6.07, 6.45) is 5.19. The van der Waals surface area contributed by atoms with E-state index >= 15 is 0 Å². The van der Waals surface area contributed by atoms with Crippen LogP contribution >= 0.6 is 11.8 Å². The number of carbonyl (C=O) groups excluding carboxylic acids is 2. The van der Waals surface area contributed by atoms with Crippen LogP contribution in [0, 0.1) is 5.41 Å². The number of allylic oxidation sites excluding steroid dienone is 1. The van der Waals surface area contributed by atoms with Gasteiger partial charge in [0.1, 0.15) is 5.37 Å². The van der Waals surface area contributed by atoms with Crippen molar-refractivity contribution in [1.82, 2.24) is 14.9 Å². The number of pyridine rings is 1. The molecule has 0 amide bonds. The average Bonchev–Trinajstić information content (AvgIpc) is 3.32. The lowest BCUT2D eigenvalue weighted by Gasteiger charge is -2.17. The second-order valence-electron chi connectivity index (χ2n) is 7.79. The summed E-state index contributed by atoms with van der Waals surface area (Å²) in [6.45, 7) is 5.63. The smallest absolute Gasteiger partial charge is 0.236 e. The van der Waals surface area contributed by atoms with E-state index < -0.39 is 5.41 Å². The molecule has 0 bridgehead atoms. The van der Waals surface area contributed by atoms with Crippen LogP contribution in [0.5, 0.6) is 0 Å². The topological polar surface area (TPSA) is 64.0 Å². The molecule has 1 aromatic carbocycles. The van der Waals surface area contributed by atoms with Crippen LogP contribution in [0.2, 0.25) is 0 Å². The Bertz CT molecular complexity index is 1090. The van der Waals surface area contributed by atoms with Crippen molar-refractivity contribution in [1.29, 1.82) is 0 Å². The van der Waals surface area contributed by atoms with Gasteiger partial charge in [-0.05, 0) is 12.1 Å². The van der Waals surface area contributed by atoms with E-state index in [0.717, 1.165) is 16.5 Å². The minimum atomic E-state index is -0.547. The molecule has 1 N–H and O–H groups in total. The van der Waals surface area contributed by atoms with Crippen molar-refractivity contribution in [3.05, 3.63) is 77.2 Å². The van der Waals surface area contributed by atoms with Gasteiger partial charge in [0.15, 0.2) is 0 Å². The zero-order valence-electron chi connectivity index (χ0n) is 16.0. The van der Waals surface area contributed by atoms with Gasteiger partial charge in [-0.1, -0.05) is 45.0 Å². The maximum Gasteiger partial charge on any atom is 0.236 e. The number of nitrogens with one attached hydrogen (secondary N) is 1. The summed E-state index contributed by atoms with van der Waals surface area (Å²) < 4.78 is 1.60. The Hall–Kier alpha value is -2.86. The Kier molecular flexibility index (Phi) is 4.59. The van der Waals surface area contributed by atoms with Gasteiger partial charge in [0.2, 0.25) is 11.7 Å². The number of Topliss-reactive ketones (excluding diaryl/α,β-unsaturated/α-hetero) is 1. The first-order valence-corrected chi connectivity index (χ1v) is 10.0. The number of para-hydroxylation sites is 1. The van der Waals surface area contributed by atoms with Crippen molar-refractivity contribution in [3.63, 3.8) is 0 Å². The lowest BCUT2D eigenvalue weighted by molar-refractivity contribution is 0.0772. The molecular formula is C22H21N3O2S. The van der Waals surface area contributed by atoms with Gasteiger partial charge in [0.05, 0.1) is 16.8 Å². The Morgan fingerprint density at radius 2 is 1.93 bits per heavy atom. The van der Waals surface area contributed by atoms with Crippen LogP contribution in [-0.4, -0.2) is 21.2 Å². The number of nitrogens with zero attached hydrogens (tertiary/aromatic N) is 2. The molecule has 0 spiro atoms. The number of rotatable bonds is 3. The number of aromatic nitrogens is 2. The fourth-order valence-corrected chi connectivity index (χ4v) is 4.13. The van der Waals surface area contributed by atoms with Crippen molar-refractivity contribution in [2.24, 2.45) is 5.41 Å². The van der Waals surface area contributed by atoms with E-state index in [-0.39, 0.29) is 17.1 Å². The number of fused-ring (bicyclic) bond motifs is 1. The molecule has 4 rings (SSSR count). The van der Waals surface area contributed by atoms with Crippen molar-refractivity contribution in [2.45, 2.75) is 26.1 Å². The third kappa shape index (κ3) is 3.24. The highest BCUT2D eigenvalue weighted by molar-refractivity contribution is 8.02. The minimum absolute atomic E-state index is 0.0428. The molecule has 0 saturated heterocycles. The molecule has 1 aliphatic heterocycles. The van der Waals surface area contributed by atoms with Crippen molar-refractivity contribution in [2.75, 3.05) is 0 Å². The summed E-state index contributed by atoms with van der Waals surface area (Å²) in [5, 5.41) is 5.86. The molecule has 5 nitrogen and oxygen atoms in total. The number of carbonyl (C=O) groups is 2. The van der Waals surface area contributed by atoms with E-state index in [9.17, 15) is 9.59 Å². The van der Waals surface area contributed by atoms with E-state index in [0.29, 0.717) is 11.3 Å². The van der Waals surface area contributed by atoms with Crippen LogP contribution in [0.3, 0.4) is 0 Å². The molecule has 6 heteroatoms. The van der Waals surface area contributed by atoms with Crippen LogP contribution in [0.15, 0.2) is 66.1 Å². The van der Waals surface area contributed by atoms with Gasteiger partial charge in [-0.2, -0.15) is 0 Å². The molecule has 0 saturated carbocycles. The Morgan fingerprint density at radius 3 is 2.64 bits per heavy atom. The van der Waals surface area contributed by atoms with Crippen LogP contribution in [0.25, 0.3) is 10.9 Å². The normalized spacial score (nSPS) is 16.7. The zero-order valence-corrected chi connectivity index (χ0v) is 16.8. The summed E-state index contributed by atoms with van der Waals surface area (Å²) in [5.41, 5.74) is 2.27. The maximum absolute atomic E-state index is 13.2. The van der Waals surface area contributed by atoms with Crippen LogP contribution in [0.1, 0.15) is 46.9 Å². The molecule has 142 valence electrons. The van der Waals surface area contributed by atoms with Gasteiger partial charge in [0, 0.05) is 40.4 Å². The molecule has 1 atom stereocenters. The molecule has 3 aromatic rings. The van der Waals surface area contributed by atoms with Crippen LogP contribution in [0.4, 0.5) is 0 Å². The molecule has 1 unspecified atom stereocenters. The number of thioether (sulfide) groups is 1. The molecule has 3 heterocycles. The summed E-state index contributed by atoms with van der Waals surface area (Å²) in [6, 6.07) is 11.4. The average molecular weight is 391 g/mol. The highest BCUT2D eigenvalue weighted by atomic mass is 32.2. The largest absolute Gasteiger partial charge is 0.366 e. The Labute approximate surface area is 167 Å². The Balaban J connectivity index is 1.68. The number of hydrogen-bond donors (Lipinski definition) is 1. The number of ketones is 1. The SMILES string of the molecule is CC(C)(C)C(=O)n1cc(C(=O)C2=CSC(c3cccnc3)N2)c2ccccc21. The van der Waals surface area contributed by atoms with Gasteiger partial charge in [0.25, 0.3) is 0 Å². The van der Waals surface area contributed by atoms with E-state index in [2.05, 4.69) is 10.3 Å². The van der Waals surface area contributed by atoms with E-state index in [1.54, 1.807) is 34.9 Å². The van der Waals surface area contributed by atoms with E-state index in [1.807, 2.05) is 62.6 Å². The van der Waals surface area contributed by atoms with Gasteiger partial charge in [-0.3, -0.25) is 19.1 Å². The number of benzene rings is 1. The fraction of sp³-hybridized carbons (Fsp3) is 0.227. The first-order valence-electron chi connectivity index (χ1n) is 9.08. The van der Waals surface area contributed by atoms with Crippen LogP contribution in [-0.2, 0) is 0 Å². The molecule has 0 radical (unpaired) electrons. The molecule has 0 fully saturated rings. The lowest BCUT2D eigenvalue weighted by atomic mass is 9.95. The zero-order chi connectivity index (χ0) is 19.9. The second kappa shape index (κ2) is 6.95. The highest BCUT2D eigenvalue weighted by Gasteiger charge is 2.29. The fourth-order valence-electron chi connectivity index (χ4n) is 3.19. The third-order valence-electron chi connectivity index (χ3n) is 4.66. The summed E-state index contributed by atoms with van der Waals surface area (Å²) in [7, 11) is 0. The van der Waals surface area contributed by atoms with Crippen LogP contribution < -0.4 is 5.32 Å². The van der Waals surface area contributed by atoms with E-state index in [4.69, 9.17) is 0 Å². The summed E-state index contributed by atoms with van der Waals surface area (Å²) >= 11 is 1.54. The molecular weight excluding hydrogens is 370 g/mol. The minimum Gasteiger partial charge on any atom is -0.366 e. The lowest BCUT2D eigenvalue weighted by Crippen LogP contribution is -2.26. The molecule has 0 aliphatic carbocycles. The highest BCUT2D eigenvalue weighted by Crippen LogP contribution is 2.36. The maximum atomic E-state index is 13.2. The molecule has 1 aliphatic rings. The van der Waals surface area contributed by atoms with E-state index in [1.165, 1.54) is 0 Å². The Morgan fingerprint density at radius 1 is 1.14 bits per heavy atom. The predicted molar refractivity (Wildman–Crippen MR) is 112 cm³/mol. The summed E-state index contributed by atoms with van der Waals surface area (Å²) in [4.78, 5) is 30.3. The monoisotopic (exact) mass is 391 g/mol. The van der Waals surface area contributed by atoms with Crippen molar-refractivity contribution >= 4 is 34.4 Å². The molecule has 28 heavy (non-hydrogen) atoms. The van der Waals surface area contributed by atoms with Gasteiger partial charge in [-0.25, -0.2) is 0 Å². The standard InChI is InChI=1S/C22H21N3O2S/c1-22(2,3)21(27)25-12-16(15-8-4-5-9-18(15)25)19(26)17-13-28-20(24-17)14-7-6-10-23-11-14/h4-13,20,24H,1-3H3. The number of hydrogen-bond acceptors (Lipinski definition) is 5. The van der Waals surface area contributed by atoms with Crippen molar-refractivity contribution in [3.8, 4) is 0 Å². The second-order valence-corrected chi connectivity index (χ2v) is 8.77. The van der Waals surface area contributed by atoms with Gasteiger partial charge in [-0.15, -0.1) is 11.8 Å².